The zero-order chi connectivity index (χ0) is 10.8. The molecule has 1 heterocycles. The van der Waals surface area contributed by atoms with Gasteiger partial charge in [0.25, 0.3) is 0 Å². The van der Waals surface area contributed by atoms with Gasteiger partial charge in [-0.1, -0.05) is 23.7 Å². The molecule has 0 N–H and O–H groups in total. The molecule has 0 radical (unpaired) electrons. The second kappa shape index (κ2) is 4.45. The Bertz CT molecular complexity index is 365. The first kappa shape index (κ1) is 10.8. The number of carbonyl (C=O) groups excluding carboxylic acids is 1. The van der Waals surface area contributed by atoms with Crippen molar-refractivity contribution < 1.29 is 4.79 Å². The molecule has 1 aromatic rings. The van der Waals surface area contributed by atoms with Gasteiger partial charge in [0, 0.05) is 24.2 Å². The van der Waals surface area contributed by atoms with Crippen molar-refractivity contribution in [3.05, 3.63) is 34.9 Å². The Morgan fingerprint density at radius 3 is 2.73 bits per heavy atom. The zero-order valence-electron chi connectivity index (χ0n) is 8.44. The van der Waals surface area contributed by atoms with Gasteiger partial charge < -0.3 is 4.90 Å². The molecule has 80 valence electrons. The molecule has 1 amide bonds. The Morgan fingerprint density at radius 2 is 2.07 bits per heavy atom. The highest BCUT2D eigenvalue weighted by Crippen LogP contribution is 2.36. The fraction of sp³-hybridized carbons (Fsp3) is 0.364. The number of halogens is 1. The van der Waals surface area contributed by atoms with Gasteiger partial charge in [-0.2, -0.15) is 0 Å². The van der Waals surface area contributed by atoms with Crippen molar-refractivity contribution in [1.82, 2.24) is 4.90 Å². The number of carbonyl (C=O) groups is 1. The molecule has 1 atom stereocenters. The minimum atomic E-state index is 0.142. The number of amides is 1. The number of nitrogens with zero attached hydrogens (tertiary/aromatic N) is 1. The molecule has 0 bridgehead atoms. The quantitative estimate of drug-likeness (QED) is 0.754. The van der Waals surface area contributed by atoms with E-state index in [1.165, 1.54) is 0 Å². The zero-order valence-corrected chi connectivity index (χ0v) is 10.0. The number of hydrogen-bond donors (Lipinski definition) is 0. The predicted octanol–water partition coefficient (Wildman–Crippen LogP) is 2.93. The molecule has 2 rings (SSSR count). The summed E-state index contributed by atoms with van der Waals surface area (Å²) in [6, 6.07) is 7.69. The third kappa shape index (κ3) is 2.29. The van der Waals surface area contributed by atoms with Crippen molar-refractivity contribution in [1.29, 1.82) is 0 Å². The van der Waals surface area contributed by atoms with E-state index in [9.17, 15) is 4.79 Å². The van der Waals surface area contributed by atoms with Crippen molar-refractivity contribution in [2.75, 3.05) is 12.8 Å². The molecular formula is C11H12ClNOS. The van der Waals surface area contributed by atoms with Gasteiger partial charge in [-0.25, -0.2) is 0 Å². The molecule has 0 spiro atoms. The molecule has 15 heavy (non-hydrogen) atoms. The molecule has 2 nitrogen and oxygen atoms in total. The standard InChI is InChI=1S/C11H12ClNOS/c1-13-10(14)6-7-15-11(13)8-2-4-9(12)5-3-8/h2-5,11H,6-7H2,1H3. The van der Waals surface area contributed by atoms with Gasteiger partial charge in [0.15, 0.2) is 0 Å². The molecular weight excluding hydrogens is 230 g/mol. The second-order valence-electron chi connectivity index (χ2n) is 3.53. The monoisotopic (exact) mass is 241 g/mol. The fourth-order valence-electron chi connectivity index (χ4n) is 1.62. The largest absolute Gasteiger partial charge is 0.330 e. The van der Waals surface area contributed by atoms with E-state index in [-0.39, 0.29) is 11.3 Å². The lowest BCUT2D eigenvalue weighted by Crippen LogP contribution is -2.33. The summed E-state index contributed by atoms with van der Waals surface area (Å²) >= 11 is 7.62. The summed E-state index contributed by atoms with van der Waals surface area (Å²) in [6.07, 6.45) is 0.644. The Kier molecular flexibility index (Phi) is 3.22. The minimum absolute atomic E-state index is 0.142. The van der Waals surface area contributed by atoms with Crippen LogP contribution >= 0.6 is 23.4 Å². The van der Waals surface area contributed by atoms with Crippen molar-refractivity contribution in [2.24, 2.45) is 0 Å². The van der Waals surface area contributed by atoms with E-state index < -0.39 is 0 Å². The molecule has 0 aromatic heterocycles. The lowest BCUT2D eigenvalue weighted by Gasteiger charge is -2.32. The molecule has 4 heteroatoms. The Labute approximate surface area is 98.6 Å². The predicted molar refractivity (Wildman–Crippen MR) is 64.0 cm³/mol. The Morgan fingerprint density at radius 1 is 1.40 bits per heavy atom. The number of hydrogen-bond acceptors (Lipinski definition) is 2. The van der Waals surface area contributed by atoms with Crippen LogP contribution in [0.1, 0.15) is 17.4 Å². The minimum Gasteiger partial charge on any atom is -0.330 e. The van der Waals surface area contributed by atoms with Crippen LogP contribution in [0.5, 0.6) is 0 Å². The van der Waals surface area contributed by atoms with Crippen molar-refractivity contribution >= 4 is 29.3 Å². The summed E-state index contributed by atoms with van der Waals surface area (Å²) < 4.78 is 0. The summed E-state index contributed by atoms with van der Waals surface area (Å²) in [5, 5.41) is 0.872. The maximum absolute atomic E-state index is 11.5. The van der Waals surface area contributed by atoms with E-state index in [1.54, 1.807) is 16.7 Å². The Hall–Kier alpha value is -0.670. The second-order valence-corrected chi connectivity index (χ2v) is 5.15. The van der Waals surface area contributed by atoms with E-state index >= 15 is 0 Å². The summed E-state index contributed by atoms with van der Waals surface area (Å²) in [5.41, 5.74) is 1.14. The van der Waals surface area contributed by atoms with Gasteiger partial charge in [-0.3, -0.25) is 4.79 Å². The van der Waals surface area contributed by atoms with Gasteiger partial charge in [-0.15, -0.1) is 11.8 Å². The first-order chi connectivity index (χ1) is 7.18. The van der Waals surface area contributed by atoms with E-state index in [0.29, 0.717) is 6.42 Å². The van der Waals surface area contributed by atoms with Crippen LogP contribution in [0, 0.1) is 0 Å². The highest BCUT2D eigenvalue weighted by atomic mass is 35.5. The SMILES string of the molecule is CN1C(=O)CCSC1c1ccc(Cl)cc1. The van der Waals surface area contributed by atoms with E-state index in [4.69, 9.17) is 11.6 Å². The fourth-order valence-corrected chi connectivity index (χ4v) is 2.96. The first-order valence-electron chi connectivity index (χ1n) is 4.81. The molecule has 0 saturated carbocycles. The van der Waals surface area contributed by atoms with Gasteiger partial charge in [0.1, 0.15) is 5.37 Å². The third-order valence-corrected chi connectivity index (χ3v) is 4.09. The lowest BCUT2D eigenvalue weighted by atomic mass is 10.2. The van der Waals surface area contributed by atoms with Crippen molar-refractivity contribution in [3.8, 4) is 0 Å². The van der Waals surface area contributed by atoms with Crippen LogP contribution in [-0.2, 0) is 4.79 Å². The summed E-state index contributed by atoms with van der Waals surface area (Å²) in [7, 11) is 1.85. The number of thioether (sulfide) groups is 1. The molecule has 1 fully saturated rings. The van der Waals surface area contributed by atoms with Gasteiger partial charge in [0.2, 0.25) is 5.91 Å². The molecule has 1 aliphatic rings. The van der Waals surface area contributed by atoms with Crippen LogP contribution in [0.3, 0.4) is 0 Å². The van der Waals surface area contributed by atoms with Crippen LogP contribution in [-0.4, -0.2) is 23.6 Å². The molecule has 1 aliphatic heterocycles. The topological polar surface area (TPSA) is 20.3 Å². The molecule has 1 saturated heterocycles. The number of rotatable bonds is 1. The van der Waals surface area contributed by atoms with Gasteiger partial charge >= 0.3 is 0 Å². The average molecular weight is 242 g/mol. The highest BCUT2D eigenvalue weighted by molar-refractivity contribution is 7.99. The van der Waals surface area contributed by atoms with Crippen molar-refractivity contribution in [3.63, 3.8) is 0 Å². The van der Waals surface area contributed by atoms with Crippen molar-refractivity contribution in [2.45, 2.75) is 11.8 Å². The third-order valence-electron chi connectivity index (χ3n) is 2.49. The summed E-state index contributed by atoms with van der Waals surface area (Å²) in [4.78, 5) is 13.3. The van der Waals surface area contributed by atoms with Gasteiger partial charge in [0.05, 0.1) is 0 Å². The maximum Gasteiger partial charge on any atom is 0.224 e. The Balaban J connectivity index is 2.22. The molecule has 1 unspecified atom stereocenters. The van der Waals surface area contributed by atoms with E-state index in [1.807, 2.05) is 31.3 Å². The molecule has 0 aliphatic carbocycles. The summed E-state index contributed by atoms with van der Waals surface area (Å²) in [6.45, 7) is 0. The number of benzene rings is 1. The van der Waals surface area contributed by atoms with Crippen LogP contribution < -0.4 is 0 Å². The highest BCUT2D eigenvalue weighted by Gasteiger charge is 2.26. The molecule has 1 aromatic carbocycles. The average Bonchev–Trinajstić information content (AvgIpc) is 2.24. The van der Waals surface area contributed by atoms with Crippen LogP contribution in [0.2, 0.25) is 5.02 Å². The first-order valence-corrected chi connectivity index (χ1v) is 6.24. The maximum atomic E-state index is 11.5. The van der Waals surface area contributed by atoms with Crippen LogP contribution in [0.15, 0.2) is 24.3 Å². The van der Waals surface area contributed by atoms with Crippen LogP contribution in [0.25, 0.3) is 0 Å². The smallest absolute Gasteiger partial charge is 0.224 e. The van der Waals surface area contributed by atoms with Crippen LogP contribution in [0.4, 0.5) is 0 Å². The van der Waals surface area contributed by atoms with E-state index in [0.717, 1.165) is 16.3 Å². The summed E-state index contributed by atoms with van der Waals surface area (Å²) in [5.74, 6) is 1.12. The van der Waals surface area contributed by atoms with E-state index in [2.05, 4.69) is 0 Å². The normalized spacial score (nSPS) is 21.9. The lowest BCUT2D eigenvalue weighted by molar-refractivity contribution is -0.130. The van der Waals surface area contributed by atoms with Gasteiger partial charge in [-0.05, 0) is 17.7 Å².